The van der Waals surface area contributed by atoms with Crippen molar-refractivity contribution in [3.05, 3.63) is 40.5 Å². The number of furan rings is 1. The molecular formula is C14H12N2O5S3. The van der Waals surface area contributed by atoms with Gasteiger partial charge in [0.2, 0.25) is 5.91 Å². The lowest BCUT2D eigenvalue weighted by molar-refractivity contribution is -0.128. The van der Waals surface area contributed by atoms with Crippen LogP contribution in [-0.4, -0.2) is 47.8 Å². The summed E-state index contributed by atoms with van der Waals surface area (Å²) in [5, 5.41) is 3.63. The molecule has 3 rings (SSSR count). The van der Waals surface area contributed by atoms with Crippen LogP contribution in [0.4, 0.5) is 0 Å². The predicted octanol–water partition coefficient (Wildman–Crippen LogP) is 0.908. The number of thiocarbonyl (C=S) groups is 1. The van der Waals surface area contributed by atoms with Crippen LogP contribution in [0.2, 0.25) is 0 Å². The maximum Gasteiger partial charge on any atom is 0.266 e. The molecule has 126 valence electrons. The second-order valence-electron chi connectivity index (χ2n) is 5.12. The van der Waals surface area contributed by atoms with E-state index in [0.717, 1.165) is 17.2 Å². The summed E-state index contributed by atoms with van der Waals surface area (Å²) in [6.07, 6.45) is 4.46. The third kappa shape index (κ3) is 3.77. The smallest absolute Gasteiger partial charge is 0.266 e. The topological polar surface area (TPSA) is 96.7 Å². The van der Waals surface area contributed by atoms with Gasteiger partial charge in [0.05, 0.1) is 23.0 Å². The summed E-state index contributed by atoms with van der Waals surface area (Å²) < 4.78 is 28.1. The van der Waals surface area contributed by atoms with Crippen molar-refractivity contribution in [1.29, 1.82) is 0 Å². The van der Waals surface area contributed by atoms with E-state index in [1.165, 1.54) is 17.2 Å². The molecule has 1 fully saturated rings. The molecule has 1 N–H and O–H groups in total. The monoisotopic (exact) mass is 384 g/mol. The van der Waals surface area contributed by atoms with Crippen molar-refractivity contribution >= 4 is 56.0 Å². The van der Waals surface area contributed by atoms with Crippen molar-refractivity contribution in [3.8, 4) is 0 Å². The highest BCUT2D eigenvalue weighted by Gasteiger charge is 2.34. The zero-order valence-corrected chi connectivity index (χ0v) is 14.6. The number of carbonyl (C=O) groups is 2. The largest absolute Gasteiger partial charge is 0.465 e. The normalized spacial score (nSPS) is 24.1. The third-order valence-electron chi connectivity index (χ3n) is 3.27. The highest BCUT2D eigenvalue weighted by molar-refractivity contribution is 8.26. The van der Waals surface area contributed by atoms with E-state index >= 15 is 0 Å². The molecule has 1 atom stereocenters. The summed E-state index contributed by atoms with van der Waals surface area (Å²) in [5.41, 5.74) is 0. The van der Waals surface area contributed by atoms with Crippen LogP contribution in [0, 0.1) is 0 Å². The van der Waals surface area contributed by atoms with Gasteiger partial charge in [0.15, 0.2) is 9.84 Å². The highest BCUT2D eigenvalue weighted by Crippen LogP contribution is 2.32. The van der Waals surface area contributed by atoms with Crippen LogP contribution in [0.15, 0.2) is 39.2 Å². The molecule has 2 amide bonds. The lowest BCUT2D eigenvalue weighted by Gasteiger charge is -2.16. The molecule has 0 spiro atoms. The molecule has 1 aromatic rings. The molecule has 0 bridgehead atoms. The van der Waals surface area contributed by atoms with E-state index in [2.05, 4.69) is 5.32 Å². The molecule has 2 aliphatic heterocycles. The van der Waals surface area contributed by atoms with Crippen molar-refractivity contribution in [1.82, 2.24) is 10.2 Å². The first-order valence-electron chi connectivity index (χ1n) is 6.83. The van der Waals surface area contributed by atoms with E-state index in [4.69, 9.17) is 16.6 Å². The Morgan fingerprint density at radius 3 is 2.96 bits per heavy atom. The Hall–Kier alpha value is -1.91. The maximum atomic E-state index is 12.3. The molecule has 2 aliphatic rings. The molecule has 0 aliphatic carbocycles. The van der Waals surface area contributed by atoms with Gasteiger partial charge in [0.1, 0.15) is 16.6 Å². The summed E-state index contributed by atoms with van der Waals surface area (Å²) >= 11 is 6.22. The van der Waals surface area contributed by atoms with Gasteiger partial charge in [-0.25, -0.2) is 8.42 Å². The summed E-state index contributed by atoms with van der Waals surface area (Å²) in [4.78, 5) is 25.9. The zero-order valence-electron chi connectivity index (χ0n) is 12.2. The first kappa shape index (κ1) is 16.9. The summed E-state index contributed by atoms with van der Waals surface area (Å²) in [6.45, 7) is -0.259. The molecule has 10 heteroatoms. The van der Waals surface area contributed by atoms with Gasteiger partial charge in [0.25, 0.3) is 5.91 Å². The molecular weight excluding hydrogens is 372 g/mol. The van der Waals surface area contributed by atoms with Crippen molar-refractivity contribution in [2.24, 2.45) is 0 Å². The quantitative estimate of drug-likeness (QED) is 0.609. The van der Waals surface area contributed by atoms with Crippen molar-refractivity contribution in [3.63, 3.8) is 0 Å². The van der Waals surface area contributed by atoms with Crippen LogP contribution in [0.25, 0.3) is 6.08 Å². The summed E-state index contributed by atoms with van der Waals surface area (Å²) in [6, 6.07) is 2.81. The van der Waals surface area contributed by atoms with Gasteiger partial charge in [-0.15, -0.1) is 0 Å². The third-order valence-corrected chi connectivity index (χ3v) is 6.04. The second-order valence-corrected chi connectivity index (χ2v) is 8.72. The number of hydrogen-bond donors (Lipinski definition) is 1. The second kappa shape index (κ2) is 6.54. The first-order valence-corrected chi connectivity index (χ1v) is 9.77. The Balaban J connectivity index is 1.63. The molecule has 3 heterocycles. The number of carbonyl (C=O) groups excluding carboxylic acids is 2. The minimum atomic E-state index is -3.25. The number of nitrogens with zero attached hydrogens (tertiary/aromatic N) is 1. The van der Waals surface area contributed by atoms with Gasteiger partial charge in [-0.2, -0.15) is 0 Å². The average molecular weight is 384 g/mol. The molecule has 0 radical (unpaired) electrons. The number of sulfone groups is 1. The van der Waals surface area contributed by atoms with Crippen LogP contribution in [-0.2, 0) is 19.4 Å². The summed E-state index contributed by atoms with van der Waals surface area (Å²) in [5.74, 6) is -0.514. The lowest BCUT2D eigenvalue weighted by atomic mass is 10.3. The van der Waals surface area contributed by atoms with E-state index in [-0.39, 0.29) is 22.5 Å². The van der Waals surface area contributed by atoms with E-state index in [1.807, 2.05) is 0 Å². The van der Waals surface area contributed by atoms with E-state index in [0.29, 0.717) is 10.7 Å². The van der Waals surface area contributed by atoms with Crippen molar-refractivity contribution < 1.29 is 22.4 Å². The Morgan fingerprint density at radius 1 is 1.54 bits per heavy atom. The highest BCUT2D eigenvalue weighted by atomic mass is 32.2. The maximum absolute atomic E-state index is 12.3. The van der Waals surface area contributed by atoms with Gasteiger partial charge in [0, 0.05) is 11.5 Å². The molecule has 1 saturated heterocycles. The Labute approximate surface area is 147 Å². The predicted molar refractivity (Wildman–Crippen MR) is 93.4 cm³/mol. The average Bonchev–Trinajstić information content (AvgIpc) is 3.17. The Kier molecular flexibility index (Phi) is 4.61. The molecule has 1 unspecified atom stereocenters. The van der Waals surface area contributed by atoms with Crippen molar-refractivity contribution in [2.75, 3.05) is 12.3 Å². The standard InChI is InChI=1S/C14H12N2O5S3/c17-12(15-9-3-5-24(19,20)8-9)7-16-13(18)11(23-14(16)22)6-10-2-1-4-21-10/h1-6,9H,7-8H2,(H,15,17)/b11-6+. The van der Waals surface area contributed by atoms with Crippen LogP contribution in [0.3, 0.4) is 0 Å². The lowest BCUT2D eigenvalue weighted by Crippen LogP contribution is -2.43. The molecule has 1 aromatic heterocycles. The molecule has 7 nitrogen and oxygen atoms in total. The van der Waals surface area contributed by atoms with E-state index < -0.39 is 21.8 Å². The zero-order chi connectivity index (χ0) is 17.3. The minimum Gasteiger partial charge on any atom is -0.465 e. The Bertz CT molecular complexity index is 855. The first-order chi connectivity index (χ1) is 11.3. The number of nitrogens with one attached hydrogen (secondary N) is 1. The van der Waals surface area contributed by atoms with Crippen molar-refractivity contribution in [2.45, 2.75) is 6.04 Å². The van der Waals surface area contributed by atoms with E-state index in [9.17, 15) is 18.0 Å². The number of thioether (sulfide) groups is 1. The van der Waals surface area contributed by atoms with Crippen LogP contribution in [0.1, 0.15) is 5.76 Å². The fourth-order valence-electron chi connectivity index (χ4n) is 2.20. The van der Waals surface area contributed by atoms with E-state index in [1.54, 1.807) is 18.2 Å². The number of amides is 2. The molecule has 0 aromatic carbocycles. The van der Waals surface area contributed by atoms with Gasteiger partial charge in [-0.05, 0) is 18.2 Å². The summed E-state index contributed by atoms with van der Waals surface area (Å²) in [7, 11) is -3.25. The molecule has 24 heavy (non-hydrogen) atoms. The van der Waals surface area contributed by atoms with Gasteiger partial charge in [-0.3, -0.25) is 14.5 Å². The van der Waals surface area contributed by atoms with Crippen LogP contribution in [0.5, 0.6) is 0 Å². The number of hydrogen-bond acceptors (Lipinski definition) is 7. The Morgan fingerprint density at radius 2 is 2.33 bits per heavy atom. The van der Waals surface area contributed by atoms with Gasteiger partial charge >= 0.3 is 0 Å². The van der Waals surface area contributed by atoms with Crippen LogP contribution >= 0.6 is 24.0 Å². The van der Waals surface area contributed by atoms with Crippen LogP contribution < -0.4 is 5.32 Å². The van der Waals surface area contributed by atoms with Gasteiger partial charge in [-0.1, -0.05) is 24.0 Å². The SMILES string of the molecule is O=C(CN1C(=O)/C(=C\c2ccco2)SC1=S)NC1C=CS(=O)(=O)C1. The van der Waals surface area contributed by atoms with Gasteiger partial charge < -0.3 is 9.73 Å². The molecule has 0 saturated carbocycles. The minimum absolute atomic E-state index is 0.171. The number of rotatable bonds is 4. The fourth-order valence-corrected chi connectivity index (χ4v) is 4.67. The fraction of sp³-hybridized carbons (Fsp3) is 0.214.